The predicted octanol–water partition coefficient (Wildman–Crippen LogP) is 4.21. The van der Waals surface area contributed by atoms with Crippen molar-refractivity contribution < 1.29 is 4.79 Å². The minimum atomic E-state index is -0.0509. The highest BCUT2D eigenvalue weighted by Gasteiger charge is 2.17. The minimum absolute atomic E-state index is 0.0509. The average Bonchev–Trinajstić information content (AvgIpc) is 2.99. The maximum absolute atomic E-state index is 12.1. The summed E-state index contributed by atoms with van der Waals surface area (Å²) in [6.07, 6.45) is 2.85. The van der Waals surface area contributed by atoms with Crippen molar-refractivity contribution in [1.29, 1.82) is 0 Å². The van der Waals surface area contributed by atoms with Crippen LogP contribution in [0.15, 0.2) is 29.6 Å². The molecule has 2 aromatic rings. The number of nitrogens with zero attached hydrogens (tertiary/aromatic N) is 2. The van der Waals surface area contributed by atoms with Crippen LogP contribution in [0.2, 0.25) is 5.02 Å². The van der Waals surface area contributed by atoms with E-state index in [0.29, 0.717) is 16.6 Å². The summed E-state index contributed by atoms with van der Waals surface area (Å²) in [5.74, 6) is 0.782. The number of carbonyl (C=O) groups is 1. The predicted molar refractivity (Wildman–Crippen MR) is 99.6 cm³/mol. The number of anilines is 1. The molecular weight excluding hydrogens is 342 g/mol. The third-order valence-corrected chi connectivity index (χ3v) is 5.40. The van der Waals surface area contributed by atoms with Gasteiger partial charge in [0, 0.05) is 16.9 Å². The van der Waals surface area contributed by atoms with Crippen LogP contribution in [0.4, 0.5) is 5.13 Å². The van der Waals surface area contributed by atoms with Crippen LogP contribution >= 0.6 is 22.9 Å². The van der Waals surface area contributed by atoms with Crippen molar-refractivity contribution in [3.8, 4) is 0 Å². The fourth-order valence-electron chi connectivity index (χ4n) is 2.84. The van der Waals surface area contributed by atoms with Crippen molar-refractivity contribution >= 4 is 34.0 Å². The zero-order chi connectivity index (χ0) is 16.9. The van der Waals surface area contributed by atoms with Gasteiger partial charge in [-0.2, -0.15) is 0 Å². The van der Waals surface area contributed by atoms with E-state index < -0.39 is 0 Å². The Bertz CT molecular complexity index is 678. The van der Waals surface area contributed by atoms with Crippen LogP contribution in [-0.4, -0.2) is 28.9 Å². The number of benzene rings is 1. The number of halogens is 1. The Balaban J connectivity index is 1.50. The maximum atomic E-state index is 12.1. The van der Waals surface area contributed by atoms with Gasteiger partial charge >= 0.3 is 0 Å². The molecule has 1 aliphatic rings. The second-order valence-corrected chi connectivity index (χ2v) is 7.75. The van der Waals surface area contributed by atoms with Gasteiger partial charge in [-0.25, -0.2) is 4.98 Å². The number of amides is 1. The molecule has 3 rings (SSSR count). The van der Waals surface area contributed by atoms with E-state index in [1.807, 2.05) is 17.5 Å². The summed E-state index contributed by atoms with van der Waals surface area (Å²) in [7, 11) is 0. The number of likely N-dealkylation sites (tertiary alicyclic amines) is 1. The summed E-state index contributed by atoms with van der Waals surface area (Å²) in [4.78, 5) is 19.1. The molecule has 2 heterocycles. The lowest BCUT2D eigenvalue weighted by Gasteiger charge is -2.29. The molecule has 1 amide bonds. The summed E-state index contributed by atoms with van der Waals surface area (Å²) < 4.78 is 0. The summed E-state index contributed by atoms with van der Waals surface area (Å²) in [5, 5.41) is 6.28. The fourth-order valence-corrected chi connectivity index (χ4v) is 3.68. The molecule has 0 atom stereocenters. The van der Waals surface area contributed by atoms with E-state index in [-0.39, 0.29) is 5.91 Å². The zero-order valence-electron chi connectivity index (χ0n) is 13.8. The summed E-state index contributed by atoms with van der Waals surface area (Å²) in [6, 6.07) is 7.33. The second-order valence-electron chi connectivity index (χ2n) is 6.45. The molecule has 1 fully saturated rings. The highest BCUT2D eigenvalue weighted by molar-refractivity contribution is 7.13. The SMILES string of the molecule is CC1CCN(Cc2csc(NC(=O)Cc3ccc(Cl)cc3)n2)CC1. The van der Waals surface area contributed by atoms with Gasteiger partial charge in [-0.05, 0) is 49.5 Å². The average molecular weight is 364 g/mol. The van der Waals surface area contributed by atoms with Gasteiger partial charge in [0.05, 0.1) is 12.1 Å². The molecule has 1 saturated heterocycles. The Hall–Kier alpha value is -1.43. The Morgan fingerprint density at radius 1 is 1.33 bits per heavy atom. The molecule has 1 aromatic carbocycles. The quantitative estimate of drug-likeness (QED) is 0.865. The van der Waals surface area contributed by atoms with E-state index in [0.717, 1.165) is 36.8 Å². The third kappa shape index (κ3) is 5.03. The molecule has 0 saturated carbocycles. The molecule has 1 aromatic heterocycles. The number of thiazole rings is 1. The van der Waals surface area contributed by atoms with Gasteiger partial charge in [0.2, 0.25) is 5.91 Å². The molecule has 1 aliphatic heterocycles. The van der Waals surface area contributed by atoms with Crippen molar-refractivity contribution in [3.05, 3.63) is 45.9 Å². The van der Waals surface area contributed by atoms with E-state index >= 15 is 0 Å². The first kappa shape index (κ1) is 17.4. The molecule has 0 radical (unpaired) electrons. The molecule has 6 heteroatoms. The summed E-state index contributed by atoms with van der Waals surface area (Å²) in [6.45, 7) is 5.46. The largest absolute Gasteiger partial charge is 0.302 e. The zero-order valence-corrected chi connectivity index (χ0v) is 15.4. The van der Waals surface area contributed by atoms with Crippen molar-refractivity contribution in [1.82, 2.24) is 9.88 Å². The van der Waals surface area contributed by atoms with E-state index in [4.69, 9.17) is 11.6 Å². The number of rotatable bonds is 5. The molecule has 1 N–H and O–H groups in total. The number of hydrogen-bond acceptors (Lipinski definition) is 4. The van der Waals surface area contributed by atoms with Crippen LogP contribution in [0.3, 0.4) is 0 Å². The lowest BCUT2D eigenvalue weighted by Crippen LogP contribution is -2.32. The monoisotopic (exact) mass is 363 g/mol. The van der Waals surface area contributed by atoms with Gasteiger partial charge < -0.3 is 5.32 Å². The molecule has 128 valence electrons. The Kier molecular flexibility index (Phi) is 5.87. The Morgan fingerprint density at radius 2 is 2.04 bits per heavy atom. The minimum Gasteiger partial charge on any atom is -0.302 e. The maximum Gasteiger partial charge on any atom is 0.230 e. The van der Waals surface area contributed by atoms with E-state index in [2.05, 4.69) is 22.1 Å². The number of piperidine rings is 1. The first-order valence-electron chi connectivity index (χ1n) is 8.29. The highest BCUT2D eigenvalue weighted by atomic mass is 35.5. The van der Waals surface area contributed by atoms with Crippen molar-refractivity contribution in [2.45, 2.75) is 32.7 Å². The first-order chi connectivity index (χ1) is 11.6. The van der Waals surface area contributed by atoms with Crippen LogP contribution in [0.5, 0.6) is 0 Å². The van der Waals surface area contributed by atoms with Crippen LogP contribution in [0.1, 0.15) is 31.0 Å². The number of nitrogens with one attached hydrogen (secondary N) is 1. The topological polar surface area (TPSA) is 45.2 Å². The summed E-state index contributed by atoms with van der Waals surface area (Å²) in [5.41, 5.74) is 1.98. The Morgan fingerprint density at radius 3 is 2.75 bits per heavy atom. The van der Waals surface area contributed by atoms with Crippen LogP contribution in [0.25, 0.3) is 0 Å². The summed E-state index contributed by atoms with van der Waals surface area (Å²) >= 11 is 7.35. The molecule has 0 unspecified atom stereocenters. The van der Waals surface area contributed by atoms with E-state index in [1.165, 1.54) is 24.2 Å². The van der Waals surface area contributed by atoms with Gasteiger partial charge in [0.1, 0.15) is 0 Å². The van der Waals surface area contributed by atoms with Crippen LogP contribution in [0, 0.1) is 5.92 Å². The van der Waals surface area contributed by atoms with Crippen molar-refractivity contribution in [2.24, 2.45) is 5.92 Å². The fraction of sp³-hybridized carbons (Fsp3) is 0.444. The van der Waals surface area contributed by atoms with Gasteiger partial charge in [-0.1, -0.05) is 30.7 Å². The van der Waals surface area contributed by atoms with Crippen LogP contribution in [-0.2, 0) is 17.8 Å². The molecule has 0 bridgehead atoms. The first-order valence-corrected chi connectivity index (χ1v) is 9.55. The smallest absolute Gasteiger partial charge is 0.230 e. The van der Waals surface area contributed by atoms with Crippen molar-refractivity contribution in [2.75, 3.05) is 18.4 Å². The normalized spacial score (nSPS) is 16.2. The molecular formula is C18H22ClN3OS. The third-order valence-electron chi connectivity index (χ3n) is 4.34. The number of hydrogen-bond donors (Lipinski definition) is 1. The lowest BCUT2D eigenvalue weighted by molar-refractivity contribution is -0.115. The Labute approximate surface area is 151 Å². The van der Waals surface area contributed by atoms with Gasteiger partial charge in [-0.3, -0.25) is 9.69 Å². The van der Waals surface area contributed by atoms with Crippen molar-refractivity contribution in [3.63, 3.8) is 0 Å². The van der Waals surface area contributed by atoms with Gasteiger partial charge in [0.15, 0.2) is 5.13 Å². The standard InChI is InChI=1S/C18H22ClN3OS/c1-13-6-8-22(9-7-13)11-16-12-24-18(20-16)21-17(23)10-14-2-4-15(19)5-3-14/h2-5,12-13H,6-11H2,1H3,(H,20,21,23). The number of aromatic nitrogens is 1. The van der Waals surface area contributed by atoms with Crippen LogP contribution < -0.4 is 5.32 Å². The number of carbonyl (C=O) groups excluding carboxylic acids is 1. The molecule has 4 nitrogen and oxygen atoms in total. The highest BCUT2D eigenvalue weighted by Crippen LogP contribution is 2.21. The second kappa shape index (κ2) is 8.10. The van der Waals surface area contributed by atoms with E-state index in [9.17, 15) is 4.79 Å². The van der Waals surface area contributed by atoms with Gasteiger partial charge in [-0.15, -0.1) is 11.3 Å². The molecule has 0 spiro atoms. The molecule has 0 aliphatic carbocycles. The molecule has 24 heavy (non-hydrogen) atoms. The lowest BCUT2D eigenvalue weighted by atomic mass is 9.99. The van der Waals surface area contributed by atoms with Gasteiger partial charge in [0.25, 0.3) is 0 Å². The van der Waals surface area contributed by atoms with E-state index in [1.54, 1.807) is 12.1 Å².